The van der Waals surface area contributed by atoms with Crippen LogP contribution in [0.4, 0.5) is 0 Å². The minimum Gasteiger partial charge on any atom is -0.477 e. The Bertz CT molecular complexity index is 515. The number of rotatable bonds is 2. The molecule has 4 nitrogen and oxygen atoms in total. The summed E-state index contributed by atoms with van der Waals surface area (Å²) in [5.41, 5.74) is 0.213. The second-order valence-electron chi connectivity index (χ2n) is 4.42. The summed E-state index contributed by atoms with van der Waals surface area (Å²) in [5.74, 6) is -1.16. The number of hydrogen-bond acceptors (Lipinski definition) is 2. The summed E-state index contributed by atoms with van der Waals surface area (Å²) in [4.78, 5) is 22.8. The van der Waals surface area contributed by atoms with Gasteiger partial charge in [0, 0.05) is 17.9 Å². The van der Waals surface area contributed by atoms with Gasteiger partial charge in [0.15, 0.2) is 0 Å². The molecule has 92 valence electrons. The normalized spacial score (nSPS) is 16.4. The molecule has 0 atom stereocenters. The lowest BCUT2D eigenvalue weighted by Crippen LogP contribution is -2.22. The van der Waals surface area contributed by atoms with Gasteiger partial charge in [-0.15, -0.1) is 0 Å². The van der Waals surface area contributed by atoms with Gasteiger partial charge in [0.2, 0.25) is 5.43 Å². The third kappa shape index (κ3) is 2.16. The zero-order valence-electron chi connectivity index (χ0n) is 9.57. The van der Waals surface area contributed by atoms with Crippen molar-refractivity contribution in [2.75, 3.05) is 0 Å². The molecule has 1 saturated carbocycles. The van der Waals surface area contributed by atoms with Crippen LogP contribution in [0.1, 0.15) is 47.8 Å². The zero-order valence-corrected chi connectivity index (χ0v) is 11.2. The topological polar surface area (TPSA) is 59.3 Å². The fraction of sp³-hybridized carbons (Fsp3) is 0.500. The lowest BCUT2D eigenvalue weighted by Gasteiger charge is -2.19. The maximum atomic E-state index is 11.8. The number of carbonyl (C=O) groups is 1. The average molecular weight is 300 g/mol. The van der Waals surface area contributed by atoms with Crippen molar-refractivity contribution in [3.63, 3.8) is 0 Å². The summed E-state index contributed by atoms with van der Waals surface area (Å²) in [6.45, 7) is 1.84. The summed E-state index contributed by atoms with van der Waals surface area (Å²) in [5, 5.41) is 9.01. The van der Waals surface area contributed by atoms with Crippen molar-refractivity contribution in [3.05, 3.63) is 32.2 Å². The molecular weight excluding hydrogens is 286 g/mol. The van der Waals surface area contributed by atoms with Crippen LogP contribution in [0.15, 0.2) is 15.5 Å². The van der Waals surface area contributed by atoms with Gasteiger partial charge in [0.1, 0.15) is 5.56 Å². The zero-order chi connectivity index (χ0) is 12.6. The van der Waals surface area contributed by atoms with Gasteiger partial charge in [-0.25, -0.2) is 4.79 Å². The maximum Gasteiger partial charge on any atom is 0.341 e. The van der Waals surface area contributed by atoms with E-state index in [9.17, 15) is 9.59 Å². The number of halogens is 1. The van der Waals surface area contributed by atoms with Crippen molar-refractivity contribution in [3.8, 4) is 0 Å². The smallest absolute Gasteiger partial charge is 0.341 e. The molecule has 0 radical (unpaired) electrons. The monoisotopic (exact) mass is 299 g/mol. The average Bonchev–Trinajstić information content (AvgIpc) is 2.79. The van der Waals surface area contributed by atoms with Crippen molar-refractivity contribution in [2.24, 2.45) is 0 Å². The summed E-state index contributed by atoms with van der Waals surface area (Å²) < 4.78 is 2.30. The highest BCUT2D eigenvalue weighted by molar-refractivity contribution is 9.10. The molecule has 1 fully saturated rings. The van der Waals surface area contributed by atoms with Crippen LogP contribution in [-0.2, 0) is 0 Å². The fourth-order valence-electron chi connectivity index (χ4n) is 2.40. The van der Waals surface area contributed by atoms with Gasteiger partial charge in [-0.2, -0.15) is 0 Å². The molecular formula is C12H14BrNO3. The fourth-order valence-corrected chi connectivity index (χ4v) is 2.82. The molecule has 1 aliphatic rings. The third-order valence-electron chi connectivity index (χ3n) is 3.37. The predicted molar refractivity (Wildman–Crippen MR) is 67.6 cm³/mol. The Morgan fingerprint density at radius 1 is 1.47 bits per heavy atom. The highest BCUT2D eigenvalue weighted by Crippen LogP contribution is 2.31. The number of pyridine rings is 1. The lowest BCUT2D eigenvalue weighted by molar-refractivity contribution is 0.0694. The molecule has 1 aromatic rings. The van der Waals surface area contributed by atoms with E-state index < -0.39 is 11.4 Å². The van der Waals surface area contributed by atoms with E-state index in [1.807, 2.05) is 11.5 Å². The molecule has 1 N–H and O–H groups in total. The molecule has 1 heterocycles. The van der Waals surface area contributed by atoms with Crippen LogP contribution in [0, 0.1) is 6.92 Å². The van der Waals surface area contributed by atoms with Crippen molar-refractivity contribution in [1.82, 2.24) is 4.57 Å². The molecule has 2 rings (SSSR count). The van der Waals surface area contributed by atoms with Crippen molar-refractivity contribution in [2.45, 2.75) is 38.6 Å². The van der Waals surface area contributed by atoms with Crippen molar-refractivity contribution >= 4 is 21.9 Å². The Morgan fingerprint density at radius 2 is 2.06 bits per heavy atom. The Morgan fingerprint density at radius 3 is 2.59 bits per heavy atom. The Hall–Kier alpha value is -1.10. The van der Waals surface area contributed by atoms with Gasteiger partial charge in [-0.3, -0.25) is 4.79 Å². The first kappa shape index (κ1) is 12.4. The first-order valence-corrected chi connectivity index (χ1v) is 6.46. The SMILES string of the molecule is Cc1c(Br)c(=O)c(C(=O)O)cn1C1CCCC1. The van der Waals surface area contributed by atoms with Gasteiger partial charge in [0.05, 0.1) is 4.47 Å². The predicted octanol–water partition coefficient (Wildman–Crippen LogP) is 2.73. The van der Waals surface area contributed by atoms with E-state index in [4.69, 9.17) is 5.11 Å². The Labute approximate surface area is 107 Å². The lowest BCUT2D eigenvalue weighted by atomic mass is 10.2. The molecule has 5 heteroatoms. The molecule has 1 aromatic heterocycles. The van der Waals surface area contributed by atoms with Crippen LogP contribution < -0.4 is 5.43 Å². The van der Waals surface area contributed by atoms with Gasteiger partial charge >= 0.3 is 5.97 Å². The van der Waals surface area contributed by atoms with Crippen LogP contribution in [-0.4, -0.2) is 15.6 Å². The largest absolute Gasteiger partial charge is 0.477 e. The number of carboxylic acids is 1. The molecule has 17 heavy (non-hydrogen) atoms. The molecule has 0 spiro atoms. The van der Waals surface area contributed by atoms with Gasteiger partial charge < -0.3 is 9.67 Å². The number of nitrogens with zero attached hydrogens (tertiary/aromatic N) is 1. The van der Waals surface area contributed by atoms with E-state index in [0.29, 0.717) is 10.5 Å². The Kier molecular flexibility index (Phi) is 3.38. The highest BCUT2D eigenvalue weighted by atomic mass is 79.9. The number of hydrogen-bond donors (Lipinski definition) is 1. The minimum absolute atomic E-state index is 0.158. The molecule has 0 saturated heterocycles. The van der Waals surface area contributed by atoms with E-state index in [1.54, 1.807) is 0 Å². The summed E-state index contributed by atoms with van der Waals surface area (Å²) in [6.07, 6.45) is 5.91. The number of aromatic nitrogens is 1. The molecule has 1 aliphatic carbocycles. The van der Waals surface area contributed by atoms with E-state index in [1.165, 1.54) is 6.20 Å². The van der Waals surface area contributed by atoms with E-state index in [2.05, 4.69) is 15.9 Å². The first-order valence-electron chi connectivity index (χ1n) is 5.67. The molecule has 0 amide bonds. The van der Waals surface area contributed by atoms with Gasteiger partial charge in [-0.1, -0.05) is 12.8 Å². The third-order valence-corrected chi connectivity index (χ3v) is 4.30. The van der Waals surface area contributed by atoms with Crippen LogP contribution in [0.5, 0.6) is 0 Å². The Balaban J connectivity index is 2.59. The van der Waals surface area contributed by atoms with Crippen LogP contribution in [0.2, 0.25) is 0 Å². The molecule has 0 aliphatic heterocycles. The molecule has 0 bridgehead atoms. The molecule has 0 unspecified atom stereocenters. The molecule has 0 aromatic carbocycles. The quantitative estimate of drug-likeness (QED) is 0.913. The van der Waals surface area contributed by atoms with Crippen molar-refractivity contribution < 1.29 is 9.90 Å². The number of aromatic carboxylic acids is 1. The summed E-state index contributed by atoms with van der Waals surface area (Å²) >= 11 is 3.20. The summed E-state index contributed by atoms with van der Waals surface area (Å²) in [7, 11) is 0. The first-order chi connectivity index (χ1) is 8.02. The highest BCUT2D eigenvalue weighted by Gasteiger charge is 2.22. The van der Waals surface area contributed by atoms with E-state index in [-0.39, 0.29) is 5.56 Å². The number of carboxylic acid groups (broad SMARTS) is 1. The van der Waals surface area contributed by atoms with Crippen molar-refractivity contribution in [1.29, 1.82) is 0 Å². The van der Waals surface area contributed by atoms with Crippen LogP contribution in [0.25, 0.3) is 0 Å². The van der Waals surface area contributed by atoms with Gasteiger partial charge in [0.25, 0.3) is 0 Å². The standard InChI is InChI=1S/C12H14BrNO3/c1-7-10(13)11(15)9(12(16)17)6-14(7)8-4-2-3-5-8/h6,8H,2-5H2,1H3,(H,16,17). The van der Waals surface area contributed by atoms with Crippen LogP contribution in [0.3, 0.4) is 0 Å². The second kappa shape index (κ2) is 4.64. The van der Waals surface area contributed by atoms with Crippen LogP contribution >= 0.6 is 15.9 Å². The maximum absolute atomic E-state index is 11.8. The second-order valence-corrected chi connectivity index (χ2v) is 5.21. The summed E-state index contributed by atoms with van der Waals surface area (Å²) in [6, 6.07) is 0.324. The van der Waals surface area contributed by atoms with E-state index in [0.717, 1.165) is 31.4 Å². The minimum atomic E-state index is -1.16. The van der Waals surface area contributed by atoms with Gasteiger partial charge in [-0.05, 0) is 35.7 Å². The van der Waals surface area contributed by atoms with E-state index >= 15 is 0 Å².